The Morgan fingerprint density at radius 2 is 2.20 bits per heavy atom. The summed E-state index contributed by atoms with van der Waals surface area (Å²) in [7, 11) is -1.62. The van der Waals surface area contributed by atoms with Crippen LogP contribution in [-0.2, 0) is 10.0 Å². The van der Waals surface area contributed by atoms with Crippen LogP contribution in [-0.4, -0.2) is 38.9 Å². The van der Waals surface area contributed by atoms with Crippen molar-refractivity contribution in [1.82, 2.24) is 9.62 Å². The lowest BCUT2D eigenvalue weighted by atomic mass is 10.1. The van der Waals surface area contributed by atoms with E-state index in [0.29, 0.717) is 29.1 Å². The van der Waals surface area contributed by atoms with E-state index in [4.69, 9.17) is 5.26 Å². The summed E-state index contributed by atoms with van der Waals surface area (Å²) in [5.74, 6) is 0. The van der Waals surface area contributed by atoms with E-state index in [1.807, 2.05) is 13.1 Å². The second-order valence-corrected chi connectivity index (χ2v) is 6.99. The molecule has 0 radical (unpaired) electrons. The van der Waals surface area contributed by atoms with Crippen LogP contribution >= 0.6 is 0 Å². The molecule has 1 unspecified atom stereocenters. The monoisotopic (exact) mass is 293 g/mol. The Hall–Kier alpha value is -1.42. The van der Waals surface area contributed by atoms with Gasteiger partial charge < -0.3 is 5.32 Å². The van der Waals surface area contributed by atoms with E-state index >= 15 is 0 Å². The minimum Gasteiger partial charge on any atom is -0.316 e. The lowest BCUT2D eigenvalue weighted by Gasteiger charge is -2.32. The molecule has 1 saturated heterocycles. The molecule has 2 rings (SSSR count). The second-order valence-electron chi connectivity index (χ2n) is 5.08. The first kappa shape index (κ1) is 15.0. The molecular weight excluding hydrogens is 274 g/mol. The van der Waals surface area contributed by atoms with Gasteiger partial charge in [-0.3, -0.25) is 0 Å². The van der Waals surface area contributed by atoms with Crippen LogP contribution in [0.1, 0.15) is 24.0 Å². The summed E-state index contributed by atoms with van der Waals surface area (Å²) in [5, 5.41) is 12.0. The highest BCUT2D eigenvalue weighted by atomic mass is 32.2. The lowest BCUT2D eigenvalue weighted by molar-refractivity contribution is 0.292. The molecule has 1 aliphatic rings. The third-order valence-electron chi connectivity index (χ3n) is 3.71. The summed E-state index contributed by atoms with van der Waals surface area (Å²) in [6.07, 6.45) is 1.86. The maximum Gasteiger partial charge on any atom is 0.243 e. The van der Waals surface area contributed by atoms with E-state index in [1.165, 1.54) is 10.4 Å². The first-order valence-corrected chi connectivity index (χ1v) is 8.11. The highest BCUT2D eigenvalue weighted by Crippen LogP contribution is 2.24. The van der Waals surface area contributed by atoms with Crippen molar-refractivity contribution < 1.29 is 8.42 Å². The molecule has 1 N–H and O–H groups in total. The molecule has 0 amide bonds. The molecule has 1 aliphatic heterocycles. The molecule has 1 aromatic rings. The average Bonchev–Trinajstić information content (AvgIpc) is 2.46. The van der Waals surface area contributed by atoms with Crippen molar-refractivity contribution in [2.24, 2.45) is 0 Å². The molecule has 6 heteroatoms. The van der Waals surface area contributed by atoms with Crippen molar-refractivity contribution >= 4 is 10.0 Å². The van der Waals surface area contributed by atoms with Gasteiger partial charge in [0.05, 0.1) is 16.5 Å². The summed E-state index contributed by atoms with van der Waals surface area (Å²) in [6, 6.07) is 6.94. The largest absolute Gasteiger partial charge is 0.316 e. The molecule has 1 fully saturated rings. The maximum absolute atomic E-state index is 12.7. The Kier molecular flexibility index (Phi) is 4.43. The minimum atomic E-state index is -3.48. The van der Waals surface area contributed by atoms with Gasteiger partial charge in [-0.1, -0.05) is 0 Å². The topological polar surface area (TPSA) is 73.2 Å². The van der Waals surface area contributed by atoms with Crippen LogP contribution in [0.25, 0.3) is 0 Å². The van der Waals surface area contributed by atoms with Crippen molar-refractivity contribution in [3.8, 4) is 6.07 Å². The lowest BCUT2D eigenvalue weighted by Crippen LogP contribution is -2.46. The van der Waals surface area contributed by atoms with Crippen LogP contribution in [0.5, 0.6) is 0 Å². The predicted octanol–water partition coefficient (Wildman–Crippen LogP) is 1.24. The molecule has 1 heterocycles. The first-order chi connectivity index (χ1) is 9.48. The fourth-order valence-electron chi connectivity index (χ4n) is 2.54. The smallest absolute Gasteiger partial charge is 0.243 e. The number of sulfonamides is 1. The normalized spacial score (nSPS) is 20.6. The number of hydrogen-bond donors (Lipinski definition) is 1. The molecule has 20 heavy (non-hydrogen) atoms. The van der Waals surface area contributed by atoms with Gasteiger partial charge in [0.2, 0.25) is 10.0 Å². The number of nitriles is 1. The van der Waals surface area contributed by atoms with E-state index in [1.54, 1.807) is 19.1 Å². The zero-order chi connectivity index (χ0) is 14.8. The molecule has 108 valence electrons. The molecule has 1 aromatic carbocycles. The summed E-state index contributed by atoms with van der Waals surface area (Å²) in [4.78, 5) is 0.299. The van der Waals surface area contributed by atoms with Crippen molar-refractivity contribution in [2.45, 2.75) is 30.7 Å². The first-order valence-electron chi connectivity index (χ1n) is 6.67. The molecule has 5 nitrogen and oxygen atoms in total. The van der Waals surface area contributed by atoms with Gasteiger partial charge in [-0.2, -0.15) is 9.57 Å². The average molecular weight is 293 g/mol. The van der Waals surface area contributed by atoms with Crippen LogP contribution < -0.4 is 5.32 Å². The van der Waals surface area contributed by atoms with E-state index in [9.17, 15) is 8.42 Å². The Bertz CT molecular complexity index is 634. The molecule has 1 atom stereocenters. The van der Waals surface area contributed by atoms with Crippen molar-refractivity contribution in [2.75, 3.05) is 20.1 Å². The van der Waals surface area contributed by atoms with Gasteiger partial charge in [0, 0.05) is 19.1 Å². The van der Waals surface area contributed by atoms with Gasteiger partial charge in [0.1, 0.15) is 0 Å². The number of benzene rings is 1. The summed E-state index contributed by atoms with van der Waals surface area (Å²) in [6.45, 7) is 2.78. The van der Waals surface area contributed by atoms with Gasteiger partial charge >= 0.3 is 0 Å². The Balaban J connectivity index is 2.33. The number of rotatable bonds is 3. The molecule has 0 saturated carbocycles. The molecule has 0 spiro atoms. The fourth-order valence-corrected chi connectivity index (χ4v) is 4.27. The van der Waals surface area contributed by atoms with E-state index in [0.717, 1.165) is 12.8 Å². The molecule has 0 aromatic heterocycles. The zero-order valence-corrected chi connectivity index (χ0v) is 12.6. The van der Waals surface area contributed by atoms with E-state index < -0.39 is 10.0 Å². The Morgan fingerprint density at radius 3 is 2.80 bits per heavy atom. The van der Waals surface area contributed by atoms with E-state index in [-0.39, 0.29) is 6.04 Å². The van der Waals surface area contributed by atoms with Crippen molar-refractivity contribution in [1.29, 1.82) is 5.26 Å². The summed E-state index contributed by atoms with van der Waals surface area (Å²) in [5.41, 5.74) is 1.10. The van der Waals surface area contributed by atoms with Crippen molar-refractivity contribution in [3.05, 3.63) is 29.3 Å². The van der Waals surface area contributed by atoms with Gasteiger partial charge in [-0.15, -0.1) is 0 Å². The second kappa shape index (κ2) is 5.92. The van der Waals surface area contributed by atoms with Gasteiger partial charge in [0.25, 0.3) is 0 Å². The third-order valence-corrected chi connectivity index (χ3v) is 5.74. The highest BCUT2D eigenvalue weighted by Gasteiger charge is 2.30. The van der Waals surface area contributed by atoms with E-state index in [2.05, 4.69) is 5.32 Å². The zero-order valence-electron chi connectivity index (χ0n) is 11.8. The number of aryl methyl sites for hydroxylation is 1. The van der Waals surface area contributed by atoms with Crippen LogP contribution in [0.15, 0.2) is 23.1 Å². The summed E-state index contributed by atoms with van der Waals surface area (Å²) >= 11 is 0. The predicted molar refractivity (Wildman–Crippen MR) is 76.7 cm³/mol. The van der Waals surface area contributed by atoms with Crippen molar-refractivity contribution in [3.63, 3.8) is 0 Å². The SMILES string of the molecule is CNC1CCCN(S(=O)(=O)c2ccc(C#N)cc2C)C1. The quantitative estimate of drug-likeness (QED) is 0.910. The molecule has 0 bridgehead atoms. The molecular formula is C14H19N3O2S. The highest BCUT2D eigenvalue weighted by molar-refractivity contribution is 7.89. The van der Waals surface area contributed by atoms with Gasteiger partial charge in [-0.05, 0) is 50.6 Å². The molecule has 0 aliphatic carbocycles. The van der Waals surface area contributed by atoms with Crippen LogP contribution in [0, 0.1) is 18.3 Å². The summed E-state index contributed by atoms with van der Waals surface area (Å²) < 4.78 is 26.9. The number of hydrogen-bond acceptors (Lipinski definition) is 4. The van der Waals surface area contributed by atoms with Gasteiger partial charge in [-0.25, -0.2) is 8.42 Å². The number of nitrogens with one attached hydrogen (secondary N) is 1. The van der Waals surface area contributed by atoms with Gasteiger partial charge in [0.15, 0.2) is 0 Å². The Labute approximate surface area is 120 Å². The number of piperidine rings is 1. The number of nitrogens with zero attached hydrogens (tertiary/aromatic N) is 2. The van der Waals surface area contributed by atoms with Crippen LogP contribution in [0.2, 0.25) is 0 Å². The third kappa shape index (κ3) is 2.85. The Morgan fingerprint density at radius 1 is 1.45 bits per heavy atom. The maximum atomic E-state index is 12.7. The van der Waals surface area contributed by atoms with Crippen LogP contribution in [0.4, 0.5) is 0 Å². The standard InChI is InChI=1S/C14H19N3O2S/c1-11-8-12(9-15)5-6-14(11)20(18,19)17-7-3-4-13(10-17)16-2/h5-6,8,13,16H,3-4,7,10H2,1-2H3. The fraction of sp³-hybridized carbons (Fsp3) is 0.500. The van der Waals surface area contributed by atoms with Crippen LogP contribution in [0.3, 0.4) is 0 Å². The minimum absolute atomic E-state index is 0.206. The number of likely N-dealkylation sites (N-methyl/N-ethyl adjacent to an activating group) is 1.